The number of carbonyl (C=O) groups excluding carboxylic acids is 1. The Labute approximate surface area is 145 Å². The molecular weight excluding hydrogens is 294 g/mol. The van der Waals surface area contributed by atoms with Gasteiger partial charge in [0, 0.05) is 17.6 Å². The molecule has 0 unspecified atom stereocenters. The van der Waals surface area contributed by atoms with E-state index in [9.17, 15) is 4.79 Å². The lowest BCUT2D eigenvalue weighted by Gasteiger charge is -2.31. The fourth-order valence-electron chi connectivity index (χ4n) is 3.04. The first-order valence-electron chi connectivity index (χ1n) is 8.57. The van der Waals surface area contributed by atoms with Gasteiger partial charge in [0.05, 0.1) is 0 Å². The minimum atomic E-state index is 0.0905. The van der Waals surface area contributed by atoms with Gasteiger partial charge in [0.15, 0.2) is 0 Å². The first kappa shape index (κ1) is 18.0. The minimum absolute atomic E-state index is 0.0905. The second-order valence-electron chi connectivity index (χ2n) is 6.68. The van der Waals surface area contributed by atoms with E-state index in [0.717, 1.165) is 16.7 Å². The highest BCUT2D eigenvalue weighted by Crippen LogP contribution is 2.22. The summed E-state index contributed by atoms with van der Waals surface area (Å²) in [6, 6.07) is 18.4. The SMILES string of the molecule is C/C(=C/c1ccccc1C(=O)N(C(C)C)C(C)C)c1ccccc1. The second kappa shape index (κ2) is 7.96. The van der Waals surface area contributed by atoms with Gasteiger partial charge in [-0.25, -0.2) is 0 Å². The first-order valence-corrected chi connectivity index (χ1v) is 8.57. The Balaban J connectivity index is 2.42. The average molecular weight is 321 g/mol. The maximum atomic E-state index is 13.1. The van der Waals surface area contributed by atoms with Crippen molar-refractivity contribution < 1.29 is 4.79 Å². The van der Waals surface area contributed by atoms with Crippen LogP contribution in [0.3, 0.4) is 0 Å². The summed E-state index contributed by atoms with van der Waals surface area (Å²) in [5.41, 5.74) is 4.05. The van der Waals surface area contributed by atoms with Crippen LogP contribution in [0.5, 0.6) is 0 Å². The summed E-state index contributed by atoms with van der Waals surface area (Å²) in [4.78, 5) is 15.0. The largest absolute Gasteiger partial charge is 0.334 e. The van der Waals surface area contributed by atoms with Crippen molar-refractivity contribution in [3.8, 4) is 0 Å². The third-order valence-corrected chi connectivity index (χ3v) is 4.14. The van der Waals surface area contributed by atoms with Crippen molar-refractivity contribution in [1.29, 1.82) is 0 Å². The molecule has 0 N–H and O–H groups in total. The quantitative estimate of drug-likeness (QED) is 0.665. The highest BCUT2D eigenvalue weighted by atomic mass is 16.2. The van der Waals surface area contributed by atoms with E-state index in [1.807, 2.05) is 47.4 Å². The lowest BCUT2D eigenvalue weighted by molar-refractivity contribution is 0.0643. The molecule has 0 radical (unpaired) electrons. The van der Waals surface area contributed by atoms with Gasteiger partial charge in [-0.2, -0.15) is 0 Å². The summed E-state index contributed by atoms with van der Waals surface area (Å²) in [5.74, 6) is 0.0905. The Hall–Kier alpha value is -2.35. The molecule has 0 aliphatic rings. The van der Waals surface area contributed by atoms with E-state index in [0.29, 0.717) is 0 Å². The van der Waals surface area contributed by atoms with E-state index >= 15 is 0 Å². The number of allylic oxidation sites excluding steroid dienone is 1. The van der Waals surface area contributed by atoms with E-state index in [2.05, 4.69) is 52.8 Å². The van der Waals surface area contributed by atoms with E-state index < -0.39 is 0 Å². The number of nitrogens with zero attached hydrogens (tertiary/aromatic N) is 1. The predicted molar refractivity (Wildman–Crippen MR) is 103 cm³/mol. The summed E-state index contributed by atoms with van der Waals surface area (Å²) in [6.07, 6.45) is 2.10. The number of hydrogen-bond acceptors (Lipinski definition) is 1. The highest BCUT2D eigenvalue weighted by molar-refractivity contribution is 5.99. The number of rotatable bonds is 5. The van der Waals surface area contributed by atoms with Gasteiger partial charge in [-0.05, 0) is 57.4 Å². The Morgan fingerprint density at radius 2 is 1.42 bits per heavy atom. The van der Waals surface area contributed by atoms with Crippen molar-refractivity contribution in [2.75, 3.05) is 0 Å². The molecule has 2 rings (SSSR count). The third-order valence-electron chi connectivity index (χ3n) is 4.14. The Morgan fingerprint density at radius 1 is 0.875 bits per heavy atom. The van der Waals surface area contributed by atoms with Gasteiger partial charge in [-0.3, -0.25) is 4.79 Å². The number of benzene rings is 2. The molecule has 0 aliphatic carbocycles. The smallest absolute Gasteiger partial charge is 0.254 e. The molecule has 2 heteroatoms. The van der Waals surface area contributed by atoms with Crippen LogP contribution in [0.1, 0.15) is 56.1 Å². The number of carbonyl (C=O) groups is 1. The highest BCUT2D eigenvalue weighted by Gasteiger charge is 2.23. The van der Waals surface area contributed by atoms with Crippen LogP contribution in [-0.4, -0.2) is 22.9 Å². The van der Waals surface area contributed by atoms with Crippen LogP contribution >= 0.6 is 0 Å². The van der Waals surface area contributed by atoms with Gasteiger partial charge in [-0.15, -0.1) is 0 Å². The third kappa shape index (κ3) is 4.14. The van der Waals surface area contributed by atoms with Crippen LogP contribution in [0, 0.1) is 0 Å². The molecule has 0 saturated heterocycles. The summed E-state index contributed by atoms with van der Waals surface area (Å²) >= 11 is 0. The Bertz CT molecular complexity index is 706. The summed E-state index contributed by atoms with van der Waals surface area (Å²) in [7, 11) is 0. The van der Waals surface area contributed by atoms with Crippen LogP contribution < -0.4 is 0 Å². The number of amides is 1. The molecule has 0 heterocycles. The van der Waals surface area contributed by atoms with Crippen molar-refractivity contribution in [3.63, 3.8) is 0 Å². The summed E-state index contributed by atoms with van der Waals surface area (Å²) in [5, 5.41) is 0. The lowest BCUT2D eigenvalue weighted by atomic mass is 9.99. The van der Waals surface area contributed by atoms with Crippen molar-refractivity contribution in [2.45, 2.75) is 46.7 Å². The van der Waals surface area contributed by atoms with Gasteiger partial charge in [0.1, 0.15) is 0 Å². The van der Waals surface area contributed by atoms with Crippen LogP contribution in [0.2, 0.25) is 0 Å². The standard InChI is InChI=1S/C22H27NO/c1-16(2)23(17(3)4)22(24)21-14-10-9-13-20(21)15-18(5)19-11-7-6-8-12-19/h6-17H,1-5H3/b18-15-. The molecule has 126 valence electrons. The van der Waals surface area contributed by atoms with Crippen molar-refractivity contribution in [3.05, 3.63) is 71.3 Å². The van der Waals surface area contributed by atoms with Crippen LogP contribution in [0.15, 0.2) is 54.6 Å². The van der Waals surface area contributed by atoms with Crippen LogP contribution in [0.4, 0.5) is 0 Å². The zero-order chi connectivity index (χ0) is 17.7. The normalized spacial score (nSPS) is 11.9. The van der Waals surface area contributed by atoms with Crippen molar-refractivity contribution >= 4 is 17.6 Å². The Morgan fingerprint density at radius 3 is 2.00 bits per heavy atom. The molecule has 0 aromatic heterocycles. The topological polar surface area (TPSA) is 20.3 Å². The summed E-state index contributed by atoms with van der Waals surface area (Å²) < 4.78 is 0. The van der Waals surface area contributed by atoms with E-state index in [1.165, 1.54) is 5.56 Å². The molecular formula is C22H27NO. The molecule has 24 heavy (non-hydrogen) atoms. The fraction of sp³-hybridized carbons (Fsp3) is 0.318. The zero-order valence-electron chi connectivity index (χ0n) is 15.3. The maximum absolute atomic E-state index is 13.1. The minimum Gasteiger partial charge on any atom is -0.334 e. The van der Waals surface area contributed by atoms with Crippen molar-refractivity contribution in [2.24, 2.45) is 0 Å². The molecule has 0 spiro atoms. The van der Waals surface area contributed by atoms with Gasteiger partial charge >= 0.3 is 0 Å². The molecule has 0 aliphatic heterocycles. The monoisotopic (exact) mass is 321 g/mol. The number of hydrogen-bond donors (Lipinski definition) is 0. The van der Waals surface area contributed by atoms with Gasteiger partial charge in [0.25, 0.3) is 5.91 Å². The average Bonchev–Trinajstić information content (AvgIpc) is 2.55. The molecule has 2 aromatic carbocycles. The Kier molecular flexibility index (Phi) is 5.97. The first-order chi connectivity index (χ1) is 11.4. The van der Waals surface area contributed by atoms with E-state index in [-0.39, 0.29) is 18.0 Å². The van der Waals surface area contributed by atoms with Gasteiger partial charge in [-0.1, -0.05) is 54.6 Å². The van der Waals surface area contributed by atoms with E-state index in [1.54, 1.807) is 0 Å². The lowest BCUT2D eigenvalue weighted by Crippen LogP contribution is -2.42. The molecule has 0 fully saturated rings. The molecule has 0 bridgehead atoms. The predicted octanol–water partition coefficient (Wildman–Crippen LogP) is 5.51. The molecule has 1 amide bonds. The second-order valence-corrected chi connectivity index (χ2v) is 6.68. The van der Waals surface area contributed by atoms with E-state index in [4.69, 9.17) is 0 Å². The van der Waals surface area contributed by atoms with Crippen LogP contribution in [-0.2, 0) is 0 Å². The maximum Gasteiger partial charge on any atom is 0.254 e. The van der Waals surface area contributed by atoms with Gasteiger partial charge < -0.3 is 4.90 Å². The molecule has 0 saturated carbocycles. The molecule has 0 atom stereocenters. The molecule has 2 nitrogen and oxygen atoms in total. The zero-order valence-corrected chi connectivity index (χ0v) is 15.3. The summed E-state index contributed by atoms with van der Waals surface area (Å²) in [6.45, 7) is 10.3. The van der Waals surface area contributed by atoms with Crippen molar-refractivity contribution in [1.82, 2.24) is 4.90 Å². The molecule has 2 aromatic rings. The fourth-order valence-corrected chi connectivity index (χ4v) is 3.04. The van der Waals surface area contributed by atoms with Gasteiger partial charge in [0.2, 0.25) is 0 Å². The van der Waals surface area contributed by atoms with Crippen LogP contribution in [0.25, 0.3) is 11.6 Å².